The lowest BCUT2D eigenvalue weighted by molar-refractivity contribution is 0.230. The van der Waals surface area contributed by atoms with Crippen molar-refractivity contribution in [2.45, 2.75) is 31.6 Å². The summed E-state index contributed by atoms with van der Waals surface area (Å²) in [6, 6.07) is 6.22. The largest absolute Gasteiger partial charge is 0.493 e. The maximum absolute atomic E-state index is 5.96. The predicted octanol–water partition coefficient (Wildman–Crippen LogP) is 4.98. The molecule has 1 atom stereocenters. The third kappa shape index (κ3) is 2.53. The van der Waals surface area contributed by atoms with Crippen molar-refractivity contribution in [3.05, 3.63) is 47.9 Å². The molecular weight excluding hydrogens is 320 g/mol. The number of hydrogen-bond acceptors (Lipinski definition) is 4. The molecular formula is C19H20N2O2S. The van der Waals surface area contributed by atoms with Crippen LogP contribution in [0.15, 0.2) is 42.2 Å². The fourth-order valence-electron chi connectivity index (χ4n) is 3.15. The standard InChI is InChI=1S/C19H20N2O2S/c1-12(2)23-16-10-14-13(9-15(16)22-3)6-7-21-11-20-18(19(14)21)17-5-4-8-24-17/h4,6-12,17H,5H2,1-3H3. The number of rotatable bonds is 4. The topological polar surface area (TPSA) is 35.8 Å². The Labute approximate surface area is 145 Å². The lowest BCUT2D eigenvalue weighted by atomic mass is 10.1. The van der Waals surface area contributed by atoms with Crippen molar-refractivity contribution in [2.24, 2.45) is 0 Å². The molecule has 0 radical (unpaired) electrons. The Bertz CT molecular complexity index is 922. The van der Waals surface area contributed by atoms with Crippen LogP contribution in [0.5, 0.6) is 11.5 Å². The van der Waals surface area contributed by atoms with Crippen LogP contribution in [0.3, 0.4) is 0 Å². The molecule has 0 aliphatic carbocycles. The molecule has 0 spiro atoms. The fourth-order valence-corrected chi connectivity index (χ4v) is 4.08. The van der Waals surface area contributed by atoms with E-state index in [1.807, 2.05) is 38.0 Å². The van der Waals surface area contributed by atoms with Crippen molar-refractivity contribution in [1.82, 2.24) is 9.38 Å². The molecule has 1 aromatic carbocycles. The highest BCUT2D eigenvalue weighted by atomic mass is 32.2. The van der Waals surface area contributed by atoms with Gasteiger partial charge in [0.1, 0.15) is 0 Å². The Morgan fingerprint density at radius 1 is 1.29 bits per heavy atom. The van der Waals surface area contributed by atoms with Crippen molar-refractivity contribution < 1.29 is 9.47 Å². The van der Waals surface area contributed by atoms with Crippen molar-refractivity contribution in [3.63, 3.8) is 0 Å². The SMILES string of the molecule is COc1cc2ccn3cnc(C4CC=CS4)c3c2cc1OC(C)C. The van der Waals surface area contributed by atoms with Gasteiger partial charge in [0.25, 0.3) is 0 Å². The first-order valence-electron chi connectivity index (χ1n) is 8.12. The molecule has 0 N–H and O–H groups in total. The number of imidazole rings is 1. The summed E-state index contributed by atoms with van der Waals surface area (Å²) in [5.74, 6) is 1.54. The van der Waals surface area contributed by atoms with Gasteiger partial charge in [0, 0.05) is 11.6 Å². The summed E-state index contributed by atoms with van der Waals surface area (Å²) in [6.07, 6.45) is 7.29. The second-order valence-corrected chi connectivity index (χ2v) is 7.30. The molecule has 3 heterocycles. The Morgan fingerprint density at radius 3 is 2.88 bits per heavy atom. The molecule has 1 unspecified atom stereocenters. The molecule has 3 aromatic rings. The van der Waals surface area contributed by atoms with E-state index in [1.54, 1.807) is 7.11 Å². The second kappa shape index (κ2) is 6.06. The molecule has 124 valence electrons. The zero-order chi connectivity index (χ0) is 16.7. The van der Waals surface area contributed by atoms with Gasteiger partial charge in [0.2, 0.25) is 0 Å². The number of allylic oxidation sites excluding steroid dienone is 1. The number of nitrogens with zero attached hydrogens (tertiary/aromatic N) is 2. The van der Waals surface area contributed by atoms with Crippen LogP contribution >= 0.6 is 11.8 Å². The number of benzene rings is 1. The van der Waals surface area contributed by atoms with Crippen LogP contribution in [-0.2, 0) is 0 Å². The van der Waals surface area contributed by atoms with Crippen molar-refractivity contribution in [3.8, 4) is 11.5 Å². The second-order valence-electron chi connectivity index (χ2n) is 6.19. The van der Waals surface area contributed by atoms with E-state index in [1.165, 1.54) is 0 Å². The summed E-state index contributed by atoms with van der Waals surface area (Å²) >= 11 is 1.83. The number of thioether (sulfide) groups is 1. The van der Waals surface area contributed by atoms with Gasteiger partial charge in [-0.1, -0.05) is 6.08 Å². The van der Waals surface area contributed by atoms with E-state index in [9.17, 15) is 0 Å². The van der Waals surface area contributed by atoms with Crippen LogP contribution in [-0.4, -0.2) is 22.6 Å². The van der Waals surface area contributed by atoms with E-state index in [2.05, 4.69) is 34.2 Å². The minimum atomic E-state index is 0.0926. The minimum absolute atomic E-state index is 0.0926. The minimum Gasteiger partial charge on any atom is -0.493 e. The van der Waals surface area contributed by atoms with Crippen LogP contribution in [0, 0.1) is 0 Å². The van der Waals surface area contributed by atoms with Gasteiger partial charge in [-0.15, -0.1) is 11.8 Å². The maximum atomic E-state index is 5.96. The Morgan fingerprint density at radius 2 is 2.17 bits per heavy atom. The normalized spacial score (nSPS) is 17.2. The average Bonchev–Trinajstić information content (AvgIpc) is 3.22. The van der Waals surface area contributed by atoms with Crippen LogP contribution in [0.4, 0.5) is 0 Å². The third-order valence-corrected chi connectivity index (χ3v) is 5.28. The van der Waals surface area contributed by atoms with Crippen LogP contribution in [0.1, 0.15) is 31.2 Å². The Balaban J connectivity index is 1.96. The highest BCUT2D eigenvalue weighted by Gasteiger charge is 2.21. The van der Waals surface area contributed by atoms with Gasteiger partial charge >= 0.3 is 0 Å². The van der Waals surface area contributed by atoms with Gasteiger partial charge in [-0.3, -0.25) is 0 Å². The molecule has 24 heavy (non-hydrogen) atoms. The number of fused-ring (bicyclic) bond motifs is 3. The highest BCUT2D eigenvalue weighted by molar-refractivity contribution is 8.02. The molecule has 0 saturated heterocycles. The van der Waals surface area contributed by atoms with Gasteiger partial charge < -0.3 is 13.9 Å². The number of hydrogen-bond donors (Lipinski definition) is 0. The van der Waals surface area contributed by atoms with Crippen molar-refractivity contribution in [2.75, 3.05) is 7.11 Å². The lowest BCUT2D eigenvalue weighted by Crippen LogP contribution is -2.06. The first-order chi connectivity index (χ1) is 11.7. The van der Waals surface area contributed by atoms with E-state index in [0.29, 0.717) is 5.25 Å². The maximum Gasteiger partial charge on any atom is 0.162 e. The first-order valence-corrected chi connectivity index (χ1v) is 9.06. The third-order valence-electron chi connectivity index (χ3n) is 4.18. The predicted molar refractivity (Wildman–Crippen MR) is 99.1 cm³/mol. The molecule has 0 bridgehead atoms. The van der Waals surface area contributed by atoms with Crippen molar-refractivity contribution in [1.29, 1.82) is 0 Å². The number of ether oxygens (including phenoxy) is 2. The molecule has 5 heteroatoms. The van der Waals surface area contributed by atoms with Gasteiger partial charge in [-0.05, 0) is 49.3 Å². The van der Waals surface area contributed by atoms with Crippen molar-refractivity contribution >= 4 is 28.1 Å². The molecule has 0 saturated carbocycles. The molecule has 4 rings (SSSR count). The van der Waals surface area contributed by atoms with E-state index in [0.717, 1.165) is 39.9 Å². The number of pyridine rings is 1. The molecule has 1 aliphatic rings. The van der Waals surface area contributed by atoms with Gasteiger partial charge in [-0.2, -0.15) is 0 Å². The fraction of sp³-hybridized carbons (Fsp3) is 0.316. The van der Waals surface area contributed by atoms with Crippen LogP contribution < -0.4 is 9.47 Å². The quantitative estimate of drug-likeness (QED) is 0.671. The molecule has 0 amide bonds. The Kier molecular flexibility index (Phi) is 3.88. The summed E-state index contributed by atoms with van der Waals surface area (Å²) in [7, 11) is 1.68. The zero-order valence-electron chi connectivity index (χ0n) is 14.0. The van der Waals surface area contributed by atoms with Crippen LogP contribution in [0.2, 0.25) is 0 Å². The molecule has 0 fully saturated rings. The summed E-state index contributed by atoms with van der Waals surface area (Å²) < 4.78 is 13.6. The molecule has 2 aromatic heterocycles. The lowest BCUT2D eigenvalue weighted by Gasteiger charge is -2.15. The molecule has 4 nitrogen and oxygen atoms in total. The summed E-state index contributed by atoms with van der Waals surface area (Å²) in [5, 5.41) is 4.83. The monoisotopic (exact) mass is 340 g/mol. The van der Waals surface area contributed by atoms with Crippen LogP contribution in [0.25, 0.3) is 16.3 Å². The first kappa shape index (κ1) is 15.4. The average molecular weight is 340 g/mol. The van der Waals surface area contributed by atoms with Gasteiger partial charge in [-0.25, -0.2) is 4.98 Å². The smallest absolute Gasteiger partial charge is 0.162 e. The van der Waals surface area contributed by atoms with E-state index in [-0.39, 0.29) is 6.10 Å². The summed E-state index contributed by atoms with van der Waals surface area (Å²) in [4.78, 5) is 4.69. The van der Waals surface area contributed by atoms with Gasteiger partial charge in [0.05, 0.1) is 36.0 Å². The summed E-state index contributed by atoms with van der Waals surface area (Å²) in [5.41, 5.74) is 2.29. The van der Waals surface area contributed by atoms with E-state index < -0.39 is 0 Å². The summed E-state index contributed by atoms with van der Waals surface area (Å²) in [6.45, 7) is 4.05. The molecule has 1 aliphatic heterocycles. The number of methoxy groups -OCH3 is 1. The van der Waals surface area contributed by atoms with Gasteiger partial charge in [0.15, 0.2) is 11.5 Å². The van der Waals surface area contributed by atoms with E-state index >= 15 is 0 Å². The zero-order valence-corrected chi connectivity index (χ0v) is 14.8. The Hall–Kier alpha value is -2.14. The highest BCUT2D eigenvalue weighted by Crippen LogP contribution is 2.42. The van der Waals surface area contributed by atoms with E-state index in [4.69, 9.17) is 14.5 Å². The number of aromatic nitrogens is 2.